The van der Waals surface area contributed by atoms with Gasteiger partial charge in [0.1, 0.15) is 0 Å². The van der Waals surface area contributed by atoms with Gasteiger partial charge in [-0.05, 0) is 12.5 Å². The van der Waals surface area contributed by atoms with Gasteiger partial charge in [0.15, 0.2) is 0 Å². The molecule has 0 radical (unpaired) electrons. The molecular weight excluding hydrogens is 505 g/mol. The molecule has 0 spiro atoms. The highest BCUT2D eigenvalue weighted by Crippen LogP contribution is 2.62. The number of alkyl halides is 13. The first-order valence-corrected chi connectivity index (χ1v) is 9.55. The number of benzene rings is 1. The van der Waals surface area contributed by atoms with Gasteiger partial charge in [-0.3, -0.25) is 4.79 Å². The van der Waals surface area contributed by atoms with Crippen molar-refractivity contribution in [2.24, 2.45) is 0 Å². The van der Waals surface area contributed by atoms with E-state index in [-0.39, 0.29) is 18.9 Å². The zero-order chi connectivity index (χ0) is 26.8. The second kappa shape index (κ2) is 9.80. The van der Waals surface area contributed by atoms with Crippen LogP contribution in [-0.2, 0) is 10.7 Å². The van der Waals surface area contributed by atoms with E-state index in [1.165, 1.54) is 0 Å². The molecule has 1 amide bonds. The van der Waals surface area contributed by atoms with Crippen LogP contribution in [0.25, 0.3) is 0 Å². The molecule has 34 heavy (non-hydrogen) atoms. The van der Waals surface area contributed by atoms with E-state index in [2.05, 4.69) is 0 Å². The first kappa shape index (κ1) is 29.8. The molecule has 0 atom stereocenters. The molecule has 0 saturated heterocycles. The Kier molecular flexibility index (Phi) is 8.59. The van der Waals surface area contributed by atoms with Crippen LogP contribution in [0.2, 0.25) is 0 Å². The van der Waals surface area contributed by atoms with E-state index in [0.29, 0.717) is 25.0 Å². The Morgan fingerprint density at radius 2 is 1.21 bits per heavy atom. The van der Waals surface area contributed by atoms with E-state index in [9.17, 15) is 61.9 Å². The maximum absolute atomic E-state index is 14.5. The van der Waals surface area contributed by atoms with Gasteiger partial charge in [0.05, 0.1) is 11.3 Å². The smallest absolute Gasteiger partial charge is 0.326 e. The molecule has 1 aromatic carbocycles. The predicted octanol–water partition coefficient (Wildman–Crippen LogP) is 7.79. The number of amides is 1. The Labute approximate surface area is 184 Å². The zero-order valence-corrected chi connectivity index (χ0v) is 17.2. The van der Waals surface area contributed by atoms with Gasteiger partial charge < -0.3 is 5.32 Å². The highest BCUT2D eigenvalue weighted by atomic mass is 19.4. The summed E-state index contributed by atoms with van der Waals surface area (Å²) >= 11 is 0. The summed E-state index contributed by atoms with van der Waals surface area (Å²) in [5.74, 6) is -38.6. The number of nitrogens with one attached hydrogen (secondary N) is 1. The molecule has 0 heterocycles. The fraction of sp³-hybridized carbons (Fsp3) is 0.632. The van der Waals surface area contributed by atoms with Crippen LogP contribution in [0, 0.1) is 0 Å². The Morgan fingerprint density at radius 1 is 0.706 bits per heavy atom. The van der Waals surface area contributed by atoms with E-state index in [0.717, 1.165) is 12.5 Å². The quantitative estimate of drug-likeness (QED) is 0.233. The van der Waals surface area contributed by atoms with Crippen LogP contribution in [0.1, 0.15) is 44.6 Å². The standard InChI is InChI=1S/C19H18F13NO/c1-2-3-4-5-10-13(34)33-12-9-7-6-8-11(12)14(20,21)15(22,23)16(24,25)17(26,27)18(28,29)19(30,31)32/h6-9H,2-5,10H2,1H3,(H,33,34). The first-order valence-electron chi connectivity index (χ1n) is 9.55. The minimum Gasteiger partial charge on any atom is -0.326 e. The molecular formula is C19H18F13NO. The number of para-hydroxylation sites is 1. The van der Waals surface area contributed by atoms with Crippen molar-refractivity contribution in [1.29, 1.82) is 0 Å². The first-order chi connectivity index (χ1) is 15.2. The molecule has 0 aromatic heterocycles. The van der Waals surface area contributed by atoms with Crippen LogP contribution in [0.4, 0.5) is 62.8 Å². The number of hydrogen-bond donors (Lipinski definition) is 1. The molecule has 1 aromatic rings. The molecule has 0 unspecified atom stereocenters. The molecule has 0 aliphatic carbocycles. The van der Waals surface area contributed by atoms with Crippen molar-refractivity contribution >= 4 is 11.6 Å². The monoisotopic (exact) mass is 523 g/mol. The van der Waals surface area contributed by atoms with E-state index in [4.69, 9.17) is 0 Å². The largest absolute Gasteiger partial charge is 0.460 e. The number of anilines is 1. The Hall–Kier alpha value is -2.22. The molecule has 0 aliphatic rings. The maximum Gasteiger partial charge on any atom is 0.460 e. The molecule has 1 N–H and O–H groups in total. The lowest BCUT2D eigenvalue weighted by Gasteiger charge is -2.40. The van der Waals surface area contributed by atoms with Gasteiger partial charge in [0.2, 0.25) is 5.91 Å². The topological polar surface area (TPSA) is 29.1 Å². The van der Waals surface area contributed by atoms with Crippen LogP contribution in [0.5, 0.6) is 0 Å². The second-order valence-electron chi connectivity index (χ2n) is 7.27. The minimum atomic E-state index is -7.98. The van der Waals surface area contributed by atoms with Gasteiger partial charge in [-0.25, -0.2) is 0 Å². The summed E-state index contributed by atoms with van der Waals surface area (Å²) in [5, 5.41) is 1.70. The Balaban J connectivity index is 3.42. The minimum absolute atomic E-state index is 0.00324. The van der Waals surface area contributed by atoms with Crippen molar-refractivity contribution in [3.63, 3.8) is 0 Å². The van der Waals surface area contributed by atoms with Crippen LogP contribution >= 0.6 is 0 Å². The third kappa shape index (κ3) is 5.07. The van der Waals surface area contributed by atoms with Crippen molar-refractivity contribution in [3.8, 4) is 0 Å². The number of halogens is 13. The lowest BCUT2D eigenvalue weighted by atomic mass is 9.90. The van der Waals surface area contributed by atoms with E-state index < -0.39 is 52.9 Å². The molecule has 0 saturated carbocycles. The molecule has 196 valence electrons. The highest BCUT2D eigenvalue weighted by Gasteiger charge is 2.91. The fourth-order valence-electron chi connectivity index (χ4n) is 2.73. The molecule has 1 rings (SSSR count). The van der Waals surface area contributed by atoms with Crippen molar-refractivity contribution < 1.29 is 61.9 Å². The van der Waals surface area contributed by atoms with Gasteiger partial charge >= 0.3 is 35.8 Å². The van der Waals surface area contributed by atoms with E-state index in [1.54, 1.807) is 5.32 Å². The summed E-state index contributed by atoms with van der Waals surface area (Å²) in [6, 6.07) is 1.90. The average Bonchev–Trinajstić information content (AvgIpc) is 2.70. The number of carbonyl (C=O) groups excluding carboxylic acids is 1. The molecule has 15 heteroatoms. The second-order valence-corrected chi connectivity index (χ2v) is 7.27. The number of rotatable bonds is 11. The van der Waals surface area contributed by atoms with Crippen molar-refractivity contribution in [2.75, 3.05) is 5.32 Å². The van der Waals surface area contributed by atoms with E-state index in [1.807, 2.05) is 6.92 Å². The number of hydrogen-bond acceptors (Lipinski definition) is 1. The summed E-state index contributed by atoms with van der Waals surface area (Å²) in [6.07, 6.45) is -5.66. The van der Waals surface area contributed by atoms with Crippen LogP contribution in [0.3, 0.4) is 0 Å². The lowest BCUT2D eigenvalue weighted by Crippen LogP contribution is -2.69. The fourth-order valence-corrected chi connectivity index (χ4v) is 2.73. The molecule has 0 aliphatic heterocycles. The molecule has 2 nitrogen and oxygen atoms in total. The summed E-state index contributed by atoms with van der Waals surface area (Å²) in [5.41, 5.74) is -3.46. The molecule has 0 fully saturated rings. The SMILES string of the molecule is CCCCCCC(=O)Nc1ccccc1C(F)(F)C(F)(F)C(F)(F)C(F)(F)C(F)(F)C(F)(F)F. The van der Waals surface area contributed by atoms with Gasteiger partial charge in [-0.15, -0.1) is 0 Å². The van der Waals surface area contributed by atoms with Crippen molar-refractivity contribution in [2.45, 2.75) is 74.8 Å². The normalized spacial score (nSPS) is 14.3. The maximum atomic E-state index is 14.5. The van der Waals surface area contributed by atoms with E-state index >= 15 is 0 Å². The molecule has 0 bridgehead atoms. The van der Waals surface area contributed by atoms with Gasteiger partial charge in [0, 0.05) is 6.42 Å². The van der Waals surface area contributed by atoms with Crippen molar-refractivity contribution in [3.05, 3.63) is 29.8 Å². The zero-order valence-electron chi connectivity index (χ0n) is 17.2. The summed E-state index contributed by atoms with van der Waals surface area (Å²) < 4.78 is 174. The number of carbonyl (C=O) groups is 1. The summed E-state index contributed by atoms with van der Waals surface area (Å²) in [4.78, 5) is 11.9. The third-order valence-corrected chi connectivity index (χ3v) is 4.73. The van der Waals surface area contributed by atoms with Crippen molar-refractivity contribution in [1.82, 2.24) is 0 Å². The lowest BCUT2D eigenvalue weighted by molar-refractivity contribution is -0.441. The van der Waals surface area contributed by atoms with Crippen LogP contribution in [-0.4, -0.2) is 35.8 Å². The highest BCUT2D eigenvalue weighted by molar-refractivity contribution is 5.91. The van der Waals surface area contributed by atoms with Crippen LogP contribution < -0.4 is 5.32 Å². The van der Waals surface area contributed by atoms with Gasteiger partial charge in [-0.2, -0.15) is 57.1 Å². The average molecular weight is 523 g/mol. The number of unbranched alkanes of at least 4 members (excludes halogenated alkanes) is 3. The third-order valence-electron chi connectivity index (χ3n) is 4.73. The Morgan fingerprint density at radius 3 is 1.71 bits per heavy atom. The van der Waals surface area contributed by atoms with Crippen LogP contribution in [0.15, 0.2) is 24.3 Å². The predicted molar refractivity (Wildman–Crippen MR) is 93.6 cm³/mol. The Bertz CT molecular complexity index is 849. The van der Waals surface area contributed by atoms with Gasteiger partial charge in [0.25, 0.3) is 0 Å². The summed E-state index contributed by atoms with van der Waals surface area (Å²) in [6.45, 7) is 1.82. The van der Waals surface area contributed by atoms with Gasteiger partial charge in [-0.1, -0.05) is 44.4 Å². The summed E-state index contributed by atoms with van der Waals surface area (Å²) in [7, 11) is 0.